The number of aromatic nitrogens is 2. The van der Waals surface area contributed by atoms with E-state index in [1.54, 1.807) is 18.5 Å². The smallest absolute Gasteiger partial charge is 0.285 e. The van der Waals surface area contributed by atoms with Gasteiger partial charge in [-0.05, 0) is 18.2 Å². The summed E-state index contributed by atoms with van der Waals surface area (Å²) in [4.78, 5) is 16.4. The lowest BCUT2D eigenvalue weighted by atomic mass is 9.98. The SMILES string of the molecule is NC(=O)c1oc(-c2cn[nH]c2)cc1-c1ccc(N2CCOCC2)cc1N1CCC(F)(F)CC1. The zero-order chi connectivity index (χ0) is 23.0. The van der Waals surface area contributed by atoms with Crippen molar-refractivity contribution in [3.63, 3.8) is 0 Å². The van der Waals surface area contributed by atoms with Crippen molar-refractivity contribution in [3.05, 3.63) is 42.4 Å². The maximum absolute atomic E-state index is 13.9. The summed E-state index contributed by atoms with van der Waals surface area (Å²) in [7, 11) is 0. The summed E-state index contributed by atoms with van der Waals surface area (Å²) < 4.78 is 39.0. The number of amides is 1. The number of anilines is 2. The third-order valence-corrected chi connectivity index (χ3v) is 6.22. The molecule has 0 saturated carbocycles. The molecular formula is C23H25F2N5O3. The number of aromatic amines is 1. The molecule has 1 amide bonds. The minimum absolute atomic E-state index is 0.0221. The lowest BCUT2D eigenvalue weighted by Gasteiger charge is -2.36. The van der Waals surface area contributed by atoms with Crippen LogP contribution in [0.3, 0.4) is 0 Å². The van der Waals surface area contributed by atoms with Gasteiger partial charge in [0.15, 0.2) is 5.76 Å². The number of H-pyrrole nitrogens is 1. The topological polar surface area (TPSA) is 101 Å². The Labute approximate surface area is 189 Å². The molecule has 1 aromatic carbocycles. The van der Waals surface area contributed by atoms with Gasteiger partial charge in [-0.25, -0.2) is 8.78 Å². The van der Waals surface area contributed by atoms with E-state index >= 15 is 0 Å². The van der Waals surface area contributed by atoms with Crippen molar-refractivity contribution in [2.45, 2.75) is 18.8 Å². The Morgan fingerprint density at radius 2 is 1.82 bits per heavy atom. The van der Waals surface area contributed by atoms with Gasteiger partial charge in [0.1, 0.15) is 5.76 Å². The predicted molar refractivity (Wildman–Crippen MR) is 120 cm³/mol. The van der Waals surface area contributed by atoms with Crippen LogP contribution in [0.2, 0.25) is 0 Å². The van der Waals surface area contributed by atoms with Crippen LogP contribution in [0, 0.1) is 0 Å². The number of primary amides is 1. The van der Waals surface area contributed by atoms with Crippen molar-refractivity contribution in [1.29, 1.82) is 0 Å². The third kappa shape index (κ3) is 4.30. The minimum atomic E-state index is -2.67. The summed E-state index contributed by atoms with van der Waals surface area (Å²) in [5.74, 6) is -2.90. The Morgan fingerprint density at radius 1 is 1.06 bits per heavy atom. The highest BCUT2D eigenvalue weighted by Crippen LogP contribution is 2.41. The molecule has 2 aliphatic rings. The lowest BCUT2D eigenvalue weighted by Crippen LogP contribution is -2.40. The molecule has 0 radical (unpaired) electrons. The number of halogens is 2. The molecule has 2 aromatic heterocycles. The molecule has 0 unspecified atom stereocenters. The molecule has 2 fully saturated rings. The predicted octanol–water partition coefficient (Wildman–Crippen LogP) is 3.51. The van der Waals surface area contributed by atoms with E-state index in [4.69, 9.17) is 14.9 Å². The summed E-state index contributed by atoms with van der Waals surface area (Å²) in [6.07, 6.45) is 2.80. The number of nitrogens with zero attached hydrogens (tertiary/aromatic N) is 3. The lowest BCUT2D eigenvalue weighted by molar-refractivity contribution is -0.0220. The third-order valence-electron chi connectivity index (χ3n) is 6.22. The number of hydrogen-bond acceptors (Lipinski definition) is 6. The van der Waals surface area contributed by atoms with Crippen LogP contribution in [-0.4, -0.2) is 61.4 Å². The van der Waals surface area contributed by atoms with Crippen LogP contribution in [-0.2, 0) is 4.74 Å². The number of furan rings is 1. The van der Waals surface area contributed by atoms with Gasteiger partial charge in [0.05, 0.1) is 25.0 Å². The first-order valence-electron chi connectivity index (χ1n) is 10.9. The molecule has 33 heavy (non-hydrogen) atoms. The van der Waals surface area contributed by atoms with Gasteiger partial charge >= 0.3 is 0 Å². The summed E-state index contributed by atoms with van der Waals surface area (Å²) in [5, 5.41) is 6.65. The molecule has 0 spiro atoms. The number of hydrogen-bond donors (Lipinski definition) is 2. The molecule has 2 aliphatic heterocycles. The molecular weight excluding hydrogens is 432 g/mol. The molecule has 8 nitrogen and oxygen atoms in total. The normalized spacial score (nSPS) is 18.5. The maximum atomic E-state index is 13.9. The van der Waals surface area contributed by atoms with Crippen LogP contribution in [0.5, 0.6) is 0 Å². The largest absolute Gasteiger partial charge is 0.450 e. The van der Waals surface area contributed by atoms with E-state index in [1.807, 2.05) is 23.1 Å². The average Bonchev–Trinajstić information content (AvgIpc) is 3.50. The van der Waals surface area contributed by atoms with Gasteiger partial charge in [-0.3, -0.25) is 9.89 Å². The van der Waals surface area contributed by atoms with Gasteiger partial charge in [-0.1, -0.05) is 6.07 Å². The Hall–Kier alpha value is -3.40. The highest BCUT2D eigenvalue weighted by Gasteiger charge is 2.35. The average molecular weight is 457 g/mol. The van der Waals surface area contributed by atoms with Crippen LogP contribution < -0.4 is 15.5 Å². The first kappa shape index (κ1) is 21.4. The number of benzene rings is 1. The van der Waals surface area contributed by atoms with Gasteiger partial charge in [-0.15, -0.1) is 0 Å². The zero-order valence-electron chi connectivity index (χ0n) is 18.0. The van der Waals surface area contributed by atoms with Crippen molar-refractivity contribution in [2.75, 3.05) is 49.2 Å². The molecule has 3 N–H and O–H groups in total. The van der Waals surface area contributed by atoms with Gasteiger partial charge < -0.3 is 24.7 Å². The molecule has 0 aliphatic carbocycles. The molecule has 10 heteroatoms. The van der Waals surface area contributed by atoms with Gasteiger partial charge in [0, 0.05) is 67.7 Å². The fourth-order valence-corrected chi connectivity index (χ4v) is 4.40. The van der Waals surface area contributed by atoms with E-state index in [0.29, 0.717) is 35.7 Å². The van der Waals surface area contributed by atoms with Crippen molar-refractivity contribution >= 4 is 17.3 Å². The number of alkyl halides is 2. The second-order valence-electron chi connectivity index (χ2n) is 8.35. The van der Waals surface area contributed by atoms with Crippen LogP contribution in [0.1, 0.15) is 23.4 Å². The zero-order valence-corrected chi connectivity index (χ0v) is 18.0. The molecule has 5 rings (SSSR count). The highest BCUT2D eigenvalue weighted by molar-refractivity contribution is 6.00. The number of piperidine rings is 1. The Balaban J connectivity index is 1.60. The molecule has 4 heterocycles. The van der Waals surface area contributed by atoms with E-state index in [2.05, 4.69) is 15.1 Å². The van der Waals surface area contributed by atoms with Crippen molar-refractivity contribution in [1.82, 2.24) is 10.2 Å². The summed E-state index contributed by atoms with van der Waals surface area (Å²) in [5.41, 5.74) is 9.31. The van der Waals surface area contributed by atoms with Crippen molar-refractivity contribution in [2.24, 2.45) is 5.73 Å². The standard InChI is InChI=1S/C23H25F2N5O3/c24-23(25)3-5-30(6-4-23)19-11-16(29-7-9-32-10-8-29)1-2-17(19)18-12-20(15-13-27-28-14-15)33-21(18)22(26)31/h1-2,11-14H,3-10H2,(H2,26,31)(H,27,28). The van der Waals surface area contributed by atoms with E-state index in [1.165, 1.54) is 0 Å². The van der Waals surface area contributed by atoms with Crippen molar-refractivity contribution in [3.8, 4) is 22.5 Å². The van der Waals surface area contributed by atoms with E-state index in [0.717, 1.165) is 24.5 Å². The second kappa shape index (κ2) is 8.51. The maximum Gasteiger partial charge on any atom is 0.285 e. The molecule has 0 atom stereocenters. The molecule has 2 saturated heterocycles. The minimum Gasteiger partial charge on any atom is -0.450 e. The monoisotopic (exact) mass is 457 g/mol. The summed E-state index contributed by atoms with van der Waals surface area (Å²) in [6.45, 7) is 3.19. The summed E-state index contributed by atoms with van der Waals surface area (Å²) in [6, 6.07) is 7.62. The number of ether oxygens (including phenoxy) is 1. The molecule has 174 valence electrons. The fraction of sp³-hybridized carbons (Fsp3) is 0.391. The van der Waals surface area contributed by atoms with E-state index in [-0.39, 0.29) is 31.7 Å². The Bertz CT molecular complexity index is 1130. The Morgan fingerprint density at radius 3 is 2.48 bits per heavy atom. The quantitative estimate of drug-likeness (QED) is 0.608. The van der Waals surface area contributed by atoms with Gasteiger partial charge in [-0.2, -0.15) is 5.10 Å². The molecule has 0 bridgehead atoms. The number of rotatable bonds is 5. The number of carbonyl (C=O) groups excluding carboxylic acids is 1. The van der Waals surface area contributed by atoms with Crippen LogP contribution in [0.25, 0.3) is 22.5 Å². The number of carbonyl (C=O) groups is 1. The Kier molecular flexibility index (Phi) is 5.53. The summed E-state index contributed by atoms with van der Waals surface area (Å²) >= 11 is 0. The number of nitrogens with one attached hydrogen (secondary N) is 1. The van der Waals surface area contributed by atoms with Crippen LogP contribution in [0.4, 0.5) is 20.2 Å². The number of morpholine rings is 1. The number of nitrogens with two attached hydrogens (primary N) is 1. The molecule has 3 aromatic rings. The van der Waals surface area contributed by atoms with Crippen LogP contribution >= 0.6 is 0 Å². The van der Waals surface area contributed by atoms with Gasteiger partial charge in [0.25, 0.3) is 11.8 Å². The highest BCUT2D eigenvalue weighted by atomic mass is 19.3. The van der Waals surface area contributed by atoms with E-state index < -0.39 is 11.8 Å². The van der Waals surface area contributed by atoms with E-state index in [9.17, 15) is 13.6 Å². The van der Waals surface area contributed by atoms with Crippen LogP contribution in [0.15, 0.2) is 41.1 Å². The fourth-order valence-electron chi connectivity index (χ4n) is 4.40. The first-order valence-corrected chi connectivity index (χ1v) is 10.9. The van der Waals surface area contributed by atoms with Crippen molar-refractivity contribution < 1.29 is 22.7 Å². The first-order chi connectivity index (χ1) is 15.9. The van der Waals surface area contributed by atoms with Gasteiger partial charge in [0.2, 0.25) is 0 Å². The second-order valence-corrected chi connectivity index (χ2v) is 8.35.